The monoisotopic (exact) mass is 275 g/mol. The van der Waals surface area contributed by atoms with Crippen molar-refractivity contribution in [2.45, 2.75) is 13.8 Å². The molecule has 3 aromatic rings. The number of rotatable bonds is 1. The lowest BCUT2D eigenvalue weighted by Gasteiger charge is -2.05. The molecule has 0 fully saturated rings. The second kappa shape index (κ2) is 4.30. The highest BCUT2D eigenvalue weighted by atomic mass is 35.5. The molecule has 0 atom stereocenters. The van der Waals surface area contributed by atoms with Gasteiger partial charge < -0.3 is 0 Å². The quantitative estimate of drug-likeness (QED) is 0.630. The molecule has 3 heterocycles. The van der Waals surface area contributed by atoms with Gasteiger partial charge in [0.25, 0.3) is 0 Å². The first kappa shape index (κ1) is 11.6. The van der Waals surface area contributed by atoms with Gasteiger partial charge in [-0.2, -0.15) is 0 Å². The molecule has 0 aliphatic carbocycles. The molecule has 5 heteroatoms. The first-order valence-electron chi connectivity index (χ1n) is 5.49. The maximum atomic E-state index is 6.16. The second-order valence-electron chi connectivity index (χ2n) is 4.16. The van der Waals surface area contributed by atoms with Crippen LogP contribution in [0.4, 0.5) is 0 Å². The SMILES string of the molecule is Cc1cnc(-c2nc(Cl)c3ccsc3n2)c(C)c1. The molecule has 3 rings (SSSR count). The van der Waals surface area contributed by atoms with Gasteiger partial charge in [-0.1, -0.05) is 17.7 Å². The smallest absolute Gasteiger partial charge is 0.181 e. The molecular formula is C13H10ClN3S. The van der Waals surface area contributed by atoms with Crippen LogP contribution in [0.2, 0.25) is 5.15 Å². The van der Waals surface area contributed by atoms with Crippen molar-refractivity contribution in [2.75, 3.05) is 0 Å². The van der Waals surface area contributed by atoms with E-state index in [1.165, 1.54) is 0 Å². The van der Waals surface area contributed by atoms with Crippen LogP contribution in [0.25, 0.3) is 21.7 Å². The molecule has 0 saturated heterocycles. The Morgan fingerprint density at radius 3 is 2.83 bits per heavy atom. The number of aromatic nitrogens is 3. The summed E-state index contributed by atoms with van der Waals surface area (Å²) in [5.41, 5.74) is 2.97. The predicted molar refractivity (Wildman–Crippen MR) is 75.1 cm³/mol. The second-order valence-corrected chi connectivity index (χ2v) is 5.41. The number of pyridine rings is 1. The Kier molecular flexibility index (Phi) is 2.76. The van der Waals surface area contributed by atoms with E-state index in [-0.39, 0.29) is 0 Å². The third kappa shape index (κ3) is 1.87. The summed E-state index contributed by atoms with van der Waals surface area (Å²) in [4.78, 5) is 14.1. The summed E-state index contributed by atoms with van der Waals surface area (Å²) in [5.74, 6) is 0.590. The fourth-order valence-electron chi connectivity index (χ4n) is 1.87. The molecule has 0 aromatic carbocycles. The van der Waals surface area contributed by atoms with Crippen molar-refractivity contribution in [1.82, 2.24) is 15.0 Å². The standard InChI is InChI=1S/C13H10ClN3S/c1-7-5-8(2)10(15-6-7)12-16-11(14)9-3-4-18-13(9)17-12/h3-6H,1-2H3. The van der Waals surface area contributed by atoms with Gasteiger partial charge in [-0.15, -0.1) is 11.3 Å². The molecule has 0 amide bonds. The van der Waals surface area contributed by atoms with Crippen molar-refractivity contribution in [3.05, 3.63) is 40.0 Å². The predicted octanol–water partition coefficient (Wildman–Crippen LogP) is 4.02. The van der Waals surface area contributed by atoms with Crippen LogP contribution < -0.4 is 0 Å². The molecule has 0 radical (unpaired) electrons. The van der Waals surface area contributed by atoms with Gasteiger partial charge in [-0.05, 0) is 36.4 Å². The number of thiophene rings is 1. The Bertz CT molecular complexity index is 736. The lowest BCUT2D eigenvalue weighted by Crippen LogP contribution is -1.95. The van der Waals surface area contributed by atoms with Gasteiger partial charge in [0.05, 0.1) is 0 Å². The Balaban J connectivity index is 2.24. The molecular weight excluding hydrogens is 266 g/mol. The highest BCUT2D eigenvalue weighted by Crippen LogP contribution is 2.28. The van der Waals surface area contributed by atoms with Crippen molar-refractivity contribution < 1.29 is 0 Å². The van der Waals surface area contributed by atoms with E-state index in [0.29, 0.717) is 11.0 Å². The van der Waals surface area contributed by atoms with Crippen LogP contribution >= 0.6 is 22.9 Å². The Labute approximate surface area is 114 Å². The molecule has 0 unspecified atom stereocenters. The summed E-state index contributed by atoms with van der Waals surface area (Å²) in [6, 6.07) is 4.00. The number of aryl methyl sites for hydroxylation is 2. The van der Waals surface area contributed by atoms with Gasteiger partial charge in [-0.25, -0.2) is 9.97 Å². The third-order valence-corrected chi connectivity index (χ3v) is 3.80. The van der Waals surface area contributed by atoms with Crippen LogP contribution in [0.3, 0.4) is 0 Å². The average molecular weight is 276 g/mol. The minimum atomic E-state index is 0.484. The molecule has 90 valence electrons. The fourth-order valence-corrected chi connectivity index (χ4v) is 2.93. The van der Waals surface area contributed by atoms with E-state index in [1.54, 1.807) is 11.3 Å². The maximum absolute atomic E-state index is 6.16. The van der Waals surface area contributed by atoms with Crippen LogP contribution in [0.15, 0.2) is 23.7 Å². The summed E-state index contributed by atoms with van der Waals surface area (Å²) in [6.07, 6.45) is 1.82. The topological polar surface area (TPSA) is 38.7 Å². The van der Waals surface area contributed by atoms with E-state index in [2.05, 4.69) is 21.0 Å². The number of hydrogen-bond acceptors (Lipinski definition) is 4. The van der Waals surface area contributed by atoms with Crippen molar-refractivity contribution in [1.29, 1.82) is 0 Å². The molecule has 18 heavy (non-hydrogen) atoms. The van der Waals surface area contributed by atoms with Crippen molar-refractivity contribution in [2.24, 2.45) is 0 Å². The zero-order chi connectivity index (χ0) is 12.7. The molecule has 0 saturated carbocycles. The lowest BCUT2D eigenvalue weighted by molar-refractivity contribution is 1.14. The maximum Gasteiger partial charge on any atom is 0.181 e. The molecule has 0 aliphatic heterocycles. The fraction of sp³-hybridized carbons (Fsp3) is 0.154. The first-order chi connectivity index (χ1) is 8.65. The summed E-state index contributed by atoms with van der Waals surface area (Å²) >= 11 is 7.72. The normalized spacial score (nSPS) is 11.1. The van der Waals surface area contributed by atoms with E-state index in [9.17, 15) is 0 Å². The summed E-state index contributed by atoms with van der Waals surface area (Å²) in [6.45, 7) is 4.02. The van der Waals surface area contributed by atoms with Crippen LogP contribution in [-0.2, 0) is 0 Å². The van der Waals surface area contributed by atoms with Crippen LogP contribution in [-0.4, -0.2) is 15.0 Å². The Morgan fingerprint density at radius 1 is 1.22 bits per heavy atom. The number of halogens is 1. The molecule has 3 aromatic heterocycles. The average Bonchev–Trinajstić information content (AvgIpc) is 2.77. The molecule has 0 bridgehead atoms. The van der Waals surface area contributed by atoms with Crippen molar-refractivity contribution in [3.8, 4) is 11.5 Å². The summed E-state index contributed by atoms with van der Waals surface area (Å²) < 4.78 is 0. The molecule has 0 aliphatic rings. The van der Waals surface area contributed by atoms with Crippen LogP contribution in [0, 0.1) is 13.8 Å². The zero-order valence-electron chi connectivity index (χ0n) is 9.94. The van der Waals surface area contributed by atoms with Gasteiger partial charge in [-0.3, -0.25) is 4.98 Å². The van der Waals surface area contributed by atoms with E-state index in [1.807, 2.05) is 31.5 Å². The van der Waals surface area contributed by atoms with Gasteiger partial charge >= 0.3 is 0 Å². The molecule has 0 spiro atoms. The van der Waals surface area contributed by atoms with Crippen LogP contribution in [0.1, 0.15) is 11.1 Å². The Hall–Kier alpha value is -1.52. The summed E-state index contributed by atoms with van der Waals surface area (Å²) in [5, 5.41) is 3.35. The number of nitrogens with zero attached hydrogens (tertiary/aromatic N) is 3. The zero-order valence-corrected chi connectivity index (χ0v) is 11.5. The number of fused-ring (bicyclic) bond motifs is 1. The highest BCUT2D eigenvalue weighted by Gasteiger charge is 2.11. The molecule has 3 nitrogen and oxygen atoms in total. The minimum absolute atomic E-state index is 0.484. The van der Waals surface area contributed by atoms with Crippen molar-refractivity contribution in [3.63, 3.8) is 0 Å². The van der Waals surface area contributed by atoms with Gasteiger partial charge in [0.2, 0.25) is 0 Å². The summed E-state index contributed by atoms with van der Waals surface area (Å²) in [7, 11) is 0. The van der Waals surface area contributed by atoms with E-state index in [0.717, 1.165) is 27.0 Å². The van der Waals surface area contributed by atoms with Crippen molar-refractivity contribution >= 4 is 33.2 Å². The number of hydrogen-bond donors (Lipinski definition) is 0. The van der Waals surface area contributed by atoms with Gasteiger partial charge in [0.15, 0.2) is 5.82 Å². The van der Waals surface area contributed by atoms with Gasteiger partial charge in [0, 0.05) is 11.6 Å². The van der Waals surface area contributed by atoms with Crippen LogP contribution in [0.5, 0.6) is 0 Å². The van der Waals surface area contributed by atoms with E-state index >= 15 is 0 Å². The van der Waals surface area contributed by atoms with Gasteiger partial charge in [0.1, 0.15) is 15.7 Å². The largest absolute Gasteiger partial charge is 0.252 e. The van der Waals surface area contributed by atoms with E-state index in [4.69, 9.17) is 11.6 Å². The molecule has 0 N–H and O–H groups in total. The first-order valence-corrected chi connectivity index (χ1v) is 6.75. The lowest BCUT2D eigenvalue weighted by atomic mass is 10.1. The minimum Gasteiger partial charge on any atom is -0.252 e. The third-order valence-electron chi connectivity index (χ3n) is 2.71. The Morgan fingerprint density at radius 2 is 2.06 bits per heavy atom. The van der Waals surface area contributed by atoms with E-state index < -0.39 is 0 Å². The highest BCUT2D eigenvalue weighted by molar-refractivity contribution is 7.16.